The summed E-state index contributed by atoms with van der Waals surface area (Å²) in [6.07, 6.45) is 8.26. The molecular weight excluding hydrogens is 355 g/mol. The van der Waals surface area contributed by atoms with Crippen LogP contribution in [0.4, 0.5) is 4.39 Å². The maximum absolute atomic E-state index is 14.4. The van der Waals surface area contributed by atoms with Gasteiger partial charge in [-0.05, 0) is 32.0 Å². The molecular formula is C17H17FN6OS. The van der Waals surface area contributed by atoms with Crippen molar-refractivity contribution < 1.29 is 9.50 Å². The Hall–Kier alpha value is -2.52. The normalized spacial score (nSPS) is 15.3. The van der Waals surface area contributed by atoms with Gasteiger partial charge in [0.25, 0.3) is 0 Å². The van der Waals surface area contributed by atoms with E-state index in [4.69, 9.17) is 0 Å². The van der Waals surface area contributed by atoms with Crippen molar-refractivity contribution in [3.8, 4) is 22.7 Å². The van der Waals surface area contributed by atoms with E-state index in [1.807, 2.05) is 0 Å². The highest BCUT2D eigenvalue weighted by Gasteiger charge is 2.17. The van der Waals surface area contributed by atoms with Gasteiger partial charge in [0.15, 0.2) is 0 Å². The Morgan fingerprint density at radius 2 is 2.08 bits per heavy atom. The van der Waals surface area contributed by atoms with Gasteiger partial charge in [0.1, 0.15) is 17.3 Å². The first-order valence-electron chi connectivity index (χ1n) is 8.29. The quantitative estimate of drug-likeness (QED) is 0.727. The van der Waals surface area contributed by atoms with Crippen LogP contribution in [0.15, 0.2) is 42.2 Å². The first-order valence-corrected chi connectivity index (χ1v) is 9.17. The molecule has 4 rings (SSSR count). The van der Waals surface area contributed by atoms with Crippen LogP contribution in [-0.2, 0) is 0 Å². The van der Waals surface area contributed by atoms with Gasteiger partial charge >= 0.3 is 0 Å². The van der Waals surface area contributed by atoms with Gasteiger partial charge in [0.2, 0.25) is 5.16 Å². The smallest absolute Gasteiger partial charge is 0.209 e. The lowest BCUT2D eigenvalue weighted by Crippen LogP contribution is -2.29. The first kappa shape index (κ1) is 16.9. The summed E-state index contributed by atoms with van der Waals surface area (Å²) in [5, 5.41) is 22.9. The van der Waals surface area contributed by atoms with Gasteiger partial charge in [-0.2, -0.15) is 0 Å². The number of thioether (sulfide) groups is 1. The number of halogens is 1. The van der Waals surface area contributed by atoms with Crippen molar-refractivity contribution in [1.29, 1.82) is 0 Å². The van der Waals surface area contributed by atoms with E-state index >= 15 is 0 Å². The molecule has 0 spiro atoms. The lowest BCUT2D eigenvalue weighted by Gasteiger charge is -2.20. The highest BCUT2D eigenvalue weighted by Crippen LogP contribution is 2.32. The van der Waals surface area contributed by atoms with Crippen molar-refractivity contribution in [3.05, 3.63) is 42.9 Å². The highest BCUT2D eigenvalue weighted by atomic mass is 32.2. The monoisotopic (exact) mass is 372 g/mol. The molecule has 0 radical (unpaired) electrons. The predicted molar refractivity (Wildman–Crippen MR) is 95.8 cm³/mol. The molecule has 2 N–H and O–H groups in total. The summed E-state index contributed by atoms with van der Waals surface area (Å²) >= 11 is 1.60. The Labute approximate surface area is 153 Å². The minimum atomic E-state index is -0.495. The van der Waals surface area contributed by atoms with Crippen molar-refractivity contribution in [2.75, 3.05) is 13.1 Å². The zero-order valence-corrected chi connectivity index (χ0v) is 14.7. The molecule has 0 atom stereocenters. The molecule has 1 saturated heterocycles. The number of piperidine rings is 1. The Morgan fingerprint density at radius 3 is 2.77 bits per heavy atom. The van der Waals surface area contributed by atoms with E-state index in [2.05, 4.69) is 25.5 Å². The SMILES string of the molecule is Oc1cc(-n2ccnc2)c(F)cc1-c1cnc(SC2CCNCC2)nn1. The third-order valence-electron chi connectivity index (χ3n) is 4.22. The standard InChI is InChI=1S/C17H17FN6OS/c18-13-7-12(16(25)8-15(13)24-6-5-20-10-24)14-9-21-17(23-22-14)26-11-1-3-19-4-2-11/h5-11,19,25H,1-4H2. The van der Waals surface area contributed by atoms with E-state index in [1.165, 1.54) is 29.2 Å². The van der Waals surface area contributed by atoms with Crippen LogP contribution in [0.5, 0.6) is 5.75 Å². The van der Waals surface area contributed by atoms with E-state index in [1.54, 1.807) is 24.2 Å². The fraction of sp³-hybridized carbons (Fsp3) is 0.294. The molecule has 9 heteroatoms. The van der Waals surface area contributed by atoms with Crippen LogP contribution < -0.4 is 5.32 Å². The predicted octanol–water partition coefficient (Wildman–Crippen LogP) is 2.41. The Bertz CT molecular complexity index is 881. The average molecular weight is 372 g/mol. The number of aromatic nitrogens is 5. The average Bonchev–Trinajstić information content (AvgIpc) is 3.19. The van der Waals surface area contributed by atoms with Gasteiger partial charge in [-0.1, -0.05) is 11.8 Å². The third-order valence-corrected chi connectivity index (χ3v) is 5.43. The molecule has 26 heavy (non-hydrogen) atoms. The summed E-state index contributed by atoms with van der Waals surface area (Å²) in [5.74, 6) is -0.587. The Balaban J connectivity index is 1.56. The largest absolute Gasteiger partial charge is 0.507 e. The summed E-state index contributed by atoms with van der Waals surface area (Å²) in [4.78, 5) is 8.20. The maximum Gasteiger partial charge on any atom is 0.209 e. The minimum Gasteiger partial charge on any atom is -0.507 e. The second kappa shape index (κ2) is 7.38. The molecule has 0 bridgehead atoms. The Kier molecular flexibility index (Phi) is 4.81. The van der Waals surface area contributed by atoms with Gasteiger partial charge in [-0.25, -0.2) is 14.4 Å². The molecule has 1 aromatic carbocycles. The van der Waals surface area contributed by atoms with Crippen LogP contribution in [0.2, 0.25) is 0 Å². The van der Waals surface area contributed by atoms with E-state index in [9.17, 15) is 9.50 Å². The van der Waals surface area contributed by atoms with Crippen molar-refractivity contribution in [2.45, 2.75) is 23.2 Å². The van der Waals surface area contributed by atoms with Crippen molar-refractivity contribution in [1.82, 2.24) is 30.0 Å². The summed E-state index contributed by atoms with van der Waals surface area (Å²) in [6, 6.07) is 2.57. The van der Waals surface area contributed by atoms with Crippen LogP contribution in [0.25, 0.3) is 16.9 Å². The van der Waals surface area contributed by atoms with Gasteiger partial charge < -0.3 is 15.0 Å². The van der Waals surface area contributed by atoms with E-state index in [0.717, 1.165) is 25.9 Å². The van der Waals surface area contributed by atoms with Crippen LogP contribution in [0, 0.1) is 5.82 Å². The van der Waals surface area contributed by atoms with E-state index in [-0.39, 0.29) is 17.0 Å². The van der Waals surface area contributed by atoms with Gasteiger partial charge in [-0.15, -0.1) is 10.2 Å². The first-order chi connectivity index (χ1) is 12.7. The van der Waals surface area contributed by atoms with Gasteiger partial charge in [0.05, 0.1) is 18.2 Å². The number of nitrogens with one attached hydrogen (secondary N) is 1. The molecule has 0 saturated carbocycles. The minimum absolute atomic E-state index is 0.0926. The molecule has 0 aliphatic carbocycles. The molecule has 3 heterocycles. The Morgan fingerprint density at radius 1 is 1.23 bits per heavy atom. The lowest BCUT2D eigenvalue weighted by molar-refractivity contribution is 0.474. The maximum atomic E-state index is 14.4. The van der Waals surface area contributed by atoms with Crippen LogP contribution in [0.3, 0.4) is 0 Å². The van der Waals surface area contributed by atoms with Crippen LogP contribution in [0.1, 0.15) is 12.8 Å². The number of hydrogen-bond donors (Lipinski definition) is 2. The van der Waals surface area contributed by atoms with E-state index in [0.29, 0.717) is 16.1 Å². The molecule has 1 aliphatic rings. The van der Waals surface area contributed by atoms with E-state index < -0.39 is 5.82 Å². The van der Waals surface area contributed by atoms with Crippen molar-refractivity contribution >= 4 is 11.8 Å². The molecule has 0 amide bonds. The third kappa shape index (κ3) is 3.54. The molecule has 0 unspecified atom stereocenters. The summed E-state index contributed by atoms with van der Waals surface area (Å²) < 4.78 is 15.9. The van der Waals surface area contributed by atoms with Gasteiger partial charge in [0, 0.05) is 29.3 Å². The van der Waals surface area contributed by atoms with Gasteiger partial charge in [-0.3, -0.25) is 0 Å². The molecule has 134 valence electrons. The second-order valence-electron chi connectivity index (χ2n) is 5.98. The number of hydrogen-bond acceptors (Lipinski definition) is 7. The topological polar surface area (TPSA) is 88.8 Å². The number of phenolic OH excluding ortho intramolecular Hbond substituents is 1. The molecule has 3 aromatic rings. The number of imidazole rings is 1. The number of nitrogens with zero attached hydrogens (tertiary/aromatic N) is 5. The fourth-order valence-corrected chi connectivity index (χ4v) is 3.83. The van der Waals surface area contributed by atoms with Crippen LogP contribution in [-0.4, -0.2) is 48.2 Å². The number of rotatable bonds is 4. The molecule has 2 aromatic heterocycles. The number of benzene rings is 1. The summed E-state index contributed by atoms with van der Waals surface area (Å²) in [6.45, 7) is 2.00. The highest BCUT2D eigenvalue weighted by molar-refractivity contribution is 7.99. The second-order valence-corrected chi connectivity index (χ2v) is 7.25. The number of aromatic hydroxyl groups is 1. The lowest BCUT2D eigenvalue weighted by atomic mass is 10.1. The zero-order valence-electron chi connectivity index (χ0n) is 13.8. The van der Waals surface area contributed by atoms with Crippen molar-refractivity contribution in [2.24, 2.45) is 0 Å². The van der Waals surface area contributed by atoms with Crippen LogP contribution >= 0.6 is 11.8 Å². The molecule has 1 fully saturated rings. The number of phenols is 1. The van der Waals surface area contributed by atoms with Crippen molar-refractivity contribution in [3.63, 3.8) is 0 Å². The fourth-order valence-electron chi connectivity index (χ4n) is 2.86. The zero-order chi connectivity index (χ0) is 17.9. The summed E-state index contributed by atoms with van der Waals surface area (Å²) in [7, 11) is 0. The molecule has 1 aliphatic heterocycles. The summed E-state index contributed by atoms with van der Waals surface area (Å²) in [5.41, 5.74) is 0.792. The molecule has 7 nitrogen and oxygen atoms in total.